The van der Waals surface area contributed by atoms with Gasteiger partial charge in [-0.15, -0.1) is 10.2 Å². The summed E-state index contributed by atoms with van der Waals surface area (Å²) in [5.74, 6) is 1.50. The minimum absolute atomic E-state index is 0.580. The van der Waals surface area contributed by atoms with Crippen LogP contribution in [0.4, 0.5) is 0 Å². The molecule has 0 saturated carbocycles. The molecule has 0 radical (unpaired) electrons. The molecule has 2 aromatic carbocycles. The Hall–Kier alpha value is -3.87. The number of hydrogen-bond donors (Lipinski definition) is 1. The zero-order valence-corrected chi connectivity index (χ0v) is 17.3. The highest BCUT2D eigenvalue weighted by Gasteiger charge is 2.16. The molecule has 0 aliphatic carbocycles. The molecule has 0 fully saturated rings. The van der Waals surface area contributed by atoms with Gasteiger partial charge in [-0.1, -0.05) is 36.4 Å². The third-order valence-corrected chi connectivity index (χ3v) is 5.70. The topological polar surface area (TPSA) is 85.2 Å². The smallest absolute Gasteiger partial charge is 0.205 e. The molecule has 3 heterocycles. The summed E-state index contributed by atoms with van der Waals surface area (Å²) in [5, 5.41) is 14.5. The van der Waals surface area contributed by atoms with Gasteiger partial charge in [-0.05, 0) is 67.3 Å². The molecule has 7 nitrogen and oxygen atoms in total. The monoisotopic (exact) mass is 395 g/mol. The first-order chi connectivity index (χ1) is 14.5. The van der Waals surface area contributed by atoms with Gasteiger partial charge in [0.1, 0.15) is 11.3 Å². The largest absolute Gasteiger partial charge is 0.281 e. The standard InChI is InChI=1S/C23H21N7/c1-13-14(2)21-23(24-15(13)3)30(16(4)25-21)18-11-9-17(10-12-18)19-7-5-6-8-20(19)22-26-28-29-27-22/h5-12H,1-4H3,(H,26,27,28,29). The normalized spacial score (nSPS) is 11.3. The molecular formula is C23H21N7. The van der Waals surface area contributed by atoms with E-state index in [1.54, 1.807) is 0 Å². The van der Waals surface area contributed by atoms with Crippen molar-refractivity contribution >= 4 is 11.2 Å². The average molecular weight is 395 g/mol. The van der Waals surface area contributed by atoms with E-state index in [1.165, 1.54) is 11.1 Å². The van der Waals surface area contributed by atoms with Crippen LogP contribution in [0.25, 0.3) is 39.4 Å². The van der Waals surface area contributed by atoms with Crippen LogP contribution in [0.5, 0.6) is 0 Å². The average Bonchev–Trinajstić information content (AvgIpc) is 3.40. The Morgan fingerprint density at radius 3 is 2.23 bits per heavy atom. The minimum atomic E-state index is 0.580. The predicted molar refractivity (Wildman–Crippen MR) is 116 cm³/mol. The maximum atomic E-state index is 4.84. The SMILES string of the molecule is Cc1nc2c(nc(C)n2-c2ccc(-c3ccccc3-c3nn[nH]n3)cc2)c(C)c1C. The van der Waals surface area contributed by atoms with Crippen molar-refractivity contribution in [1.29, 1.82) is 0 Å². The first kappa shape index (κ1) is 18.2. The number of tetrazole rings is 1. The van der Waals surface area contributed by atoms with Crippen molar-refractivity contribution < 1.29 is 0 Å². The maximum absolute atomic E-state index is 4.84. The van der Waals surface area contributed by atoms with Crippen LogP contribution in [0.3, 0.4) is 0 Å². The van der Waals surface area contributed by atoms with Crippen molar-refractivity contribution in [2.45, 2.75) is 27.7 Å². The van der Waals surface area contributed by atoms with Crippen LogP contribution in [-0.4, -0.2) is 35.2 Å². The second kappa shape index (κ2) is 6.88. The summed E-state index contributed by atoms with van der Waals surface area (Å²) in [7, 11) is 0. The van der Waals surface area contributed by atoms with Gasteiger partial charge in [-0.2, -0.15) is 5.21 Å². The van der Waals surface area contributed by atoms with Crippen LogP contribution in [0.1, 0.15) is 22.6 Å². The number of H-pyrrole nitrogens is 1. The molecule has 0 spiro atoms. The van der Waals surface area contributed by atoms with E-state index in [-0.39, 0.29) is 0 Å². The summed E-state index contributed by atoms with van der Waals surface area (Å²) in [4.78, 5) is 9.63. The first-order valence-electron chi connectivity index (χ1n) is 9.81. The molecule has 148 valence electrons. The molecule has 0 unspecified atom stereocenters. The van der Waals surface area contributed by atoms with Gasteiger partial charge >= 0.3 is 0 Å². The van der Waals surface area contributed by atoms with Gasteiger partial charge in [0.05, 0.1) is 0 Å². The van der Waals surface area contributed by atoms with E-state index >= 15 is 0 Å². The quantitative estimate of drug-likeness (QED) is 0.486. The number of pyridine rings is 1. The van der Waals surface area contributed by atoms with Gasteiger partial charge in [0, 0.05) is 16.9 Å². The van der Waals surface area contributed by atoms with Gasteiger partial charge < -0.3 is 0 Å². The molecule has 5 rings (SSSR count). The number of nitrogens with zero attached hydrogens (tertiary/aromatic N) is 6. The summed E-state index contributed by atoms with van der Waals surface area (Å²) >= 11 is 0. The Kier molecular flexibility index (Phi) is 4.17. The number of aromatic nitrogens is 7. The van der Waals surface area contributed by atoms with Crippen molar-refractivity contribution in [1.82, 2.24) is 35.2 Å². The fourth-order valence-electron chi connectivity index (χ4n) is 3.87. The number of nitrogens with one attached hydrogen (secondary N) is 1. The third-order valence-electron chi connectivity index (χ3n) is 5.70. The summed E-state index contributed by atoms with van der Waals surface area (Å²) in [6.07, 6.45) is 0. The maximum Gasteiger partial charge on any atom is 0.205 e. The Bertz CT molecular complexity index is 1360. The fraction of sp³-hybridized carbons (Fsp3) is 0.174. The number of rotatable bonds is 3. The van der Waals surface area contributed by atoms with Crippen LogP contribution >= 0.6 is 0 Å². The number of benzene rings is 2. The zero-order valence-electron chi connectivity index (χ0n) is 17.3. The molecule has 0 aliphatic heterocycles. The molecule has 0 bridgehead atoms. The Morgan fingerprint density at radius 1 is 0.800 bits per heavy atom. The Morgan fingerprint density at radius 2 is 1.53 bits per heavy atom. The molecule has 0 saturated heterocycles. The van der Waals surface area contributed by atoms with Crippen LogP contribution in [0.15, 0.2) is 48.5 Å². The molecule has 0 aliphatic rings. The van der Waals surface area contributed by atoms with Crippen molar-refractivity contribution in [3.05, 3.63) is 71.2 Å². The molecule has 7 heteroatoms. The highest BCUT2D eigenvalue weighted by Crippen LogP contribution is 2.31. The van der Waals surface area contributed by atoms with Crippen LogP contribution < -0.4 is 0 Å². The number of aromatic amines is 1. The summed E-state index contributed by atoms with van der Waals surface area (Å²) in [6, 6.07) is 16.5. The molecule has 0 amide bonds. The number of fused-ring (bicyclic) bond motifs is 1. The van der Waals surface area contributed by atoms with E-state index in [2.05, 4.69) is 69.4 Å². The van der Waals surface area contributed by atoms with E-state index in [0.29, 0.717) is 5.82 Å². The van der Waals surface area contributed by atoms with E-state index in [0.717, 1.165) is 45.1 Å². The highest BCUT2D eigenvalue weighted by molar-refractivity contribution is 5.82. The molecule has 5 aromatic rings. The van der Waals surface area contributed by atoms with Crippen molar-refractivity contribution in [3.8, 4) is 28.2 Å². The first-order valence-corrected chi connectivity index (χ1v) is 9.81. The van der Waals surface area contributed by atoms with E-state index in [9.17, 15) is 0 Å². The predicted octanol–water partition coefficient (Wildman–Crippen LogP) is 4.50. The van der Waals surface area contributed by atoms with E-state index in [4.69, 9.17) is 9.97 Å². The lowest BCUT2D eigenvalue weighted by atomic mass is 9.99. The Labute approximate surface area is 173 Å². The van der Waals surface area contributed by atoms with Crippen LogP contribution in [-0.2, 0) is 0 Å². The third kappa shape index (κ3) is 2.78. The van der Waals surface area contributed by atoms with Gasteiger partial charge in [0.15, 0.2) is 5.65 Å². The summed E-state index contributed by atoms with van der Waals surface area (Å²) in [6.45, 7) is 8.28. The van der Waals surface area contributed by atoms with Gasteiger partial charge in [0.2, 0.25) is 5.82 Å². The summed E-state index contributed by atoms with van der Waals surface area (Å²) < 4.78 is 2.11. The molecule has 0 atom stereocenters. The fourth-order valence-corrected chi connectivity index (χ4v) is 3.87. The van der Waals surface area contributed by atoms with Gasteiger partial charge in [0.25, 0.3) is 0 Å². The summed E-state index contributed by atoms with van der Waals surface area (Å²) in [5.41, 5.74) is 9.38. The number of imidazole rings is 1. The van der Waals surface area contributed by atoms with Crippen molar-refractivity contribution in [3.63, 3.8) is 0 Å². The van der Waals surface area contributed by atoms with Crippen molar-refractivity contribution in [2.75, 3.05) is 0 Å². The lowest BCUT2D eigenvalue weighted by Gasteiger charge is -2.11. The highest BCUT2D eigenvalue weighted by atomic mass is 15.5. The zero-order chi connectivity index (χ0) is 20.8. The van der Waals surface area contributed by atoms with Crippen LogP contribution in [0.2, 0.25) is 0 Å². The van der Waals surface area contributed by atoms with E-state index in [1.807, 2.05) is 32.0 Å². The minimum Gasteiger partial charge on any atom is -0.281 e. The van der Waals surface area contributed by atoms with Crippen molar-refractivity contribution in [2.24, 2.45) is 0 Å². The van der Waals surface area contributed by atoms with Gasteiger partial charge in [-0.25, -0.2) is 9.97 Å². The number of aryl methyl sites for hydroxylation is 3. The Balaban J connectivity index is 1.62. The molecule has 1 N–H and O–H groups in total. The molecule has 30 heavy (non-hydrogen) atoms. The second-order valence-corrected chi connectivity index (χ2v) is 7.44. The number of hydrogen-bond acceptors (Lipinski definition) is 5. The molecule has 3 aromatic heterocycles. The van der Waals surface area contributed by atoms with E-state index < -0.39 is 0 Å². The van der Waals surface area contributed by atoms with Gasteiger partial charge in [-0.3, -0.25) is 4.57 Å². The second-order valence-electron chi connectivity index (χ2n) is 7.44. The lowest BCUT2D eigenvalue weighted by molar-refractivity contribution is 0.881. The lowest BCUT2D eigenvalue weighted by Crippen LogP contribution is -2.00. The van der Waals surface area contributed by atoms with Crippen LogP contribution in [0, 0.1) is 27.7 Å². The molecular weight excluding hydrogens is 374 g/mol.